The highest BCUT2D eigenvalue weighted by Gasteiger charge is 2.60. The molecule has 0 spiro atoms. The molecule has 2 amide bonds. The molecule has 4 rings (SSSR count). The predicted octanol–water partition coefficient (Wildman–Crippen LogP) is -1.14. The normalized spacial score (nSPS) is 33.1. The van der Waals surface area contributed by atoms with Crippen LogP contribution in [0, 0.1) is 11.8 Å². The molecule has 6 N–H and O–H groups in total. The van der Waals surface area contributed by atoms with E-state index in [0.717, 1.165) is 0 Å². The van der Waals surface area contributed by atoms with Crippen LogP contribution in [0.25, 0.3) is 0 Å². The number of aliphatic carboxylic acids is 1. The van der Waals surface area contributed by atoms with Gasteiger partial charge in [-0.25, -0.2) is 9.52 Å². The molecule has 0 bridgehead atoms. The van der Waals surface area contributed by atoms with E-state index in [1.165, 1.54) is 27.9 Å². The van der Waals surface area contributed by atoms with Crippen LogP contribution in [-0.4, -0.2) is 103 Å². The van der Waals surface area contributed by atoms with Gasteiger partial charge in [0, 0.05) is 60.4 Å². The van der Waals surface area contributed by atoms with Crippen LogP contribution in [0.2, 0.25) is 0 Å². The second kappa shape index (κ2) is 10.7. The number of amides is 2. The van der Waals surface area contributed by atoms with Crippen molar-refractivity contribution >= 4 is 39.8 Å². The molecule has 16 heteroatoms. The molecule has 4 aliphatic heterocycles. The molecule has 4 aliphatic rings. The molecule has 0 aromatic rings. The second-order valence-electron chi connectivity index (χ2n) is 9.97. The van der Waals surface area contributed by atoms with Gasteiger partial charge in [-0.2, -0.15) is 21.5 Å². The Kier molecular flexibility index (Phi) is 8.17. The minimum atomic E-state index is -3.64. The lowest BCUT2D eigenvalue weighted by Gasteiger charge is -2.47. The predicted molar refractivity (Wildman–Crippen MR) is 130 cm³/mol. The van der Waals surface area contributed by atoms with Crippen molar-refractivity contribution in [2.75, 3.05) is 26.2 Å². The molecule has 7 atom stereocenters. The third-order valence-corrected chi connectivity index (χ3v) is 10.5. The van der Waals surface area contributed by atoms with E-state index >= 15 is 0 Å². The van der Waals surface area contributed by atoms with Crippen LogP contribution in [0.1, 0.15) is 26.7 Å². The summed E-state index contributed by atoms with van der Waals surface area (Å²) in [5, 5.41) is 15.2. The van der Waals surface area contributed by atoms with E-state index in [1.807, 2.05) is 0 Å². The molecular formula is C21H32F2N6O6S2. The lowest BCUT2D eigenvalue weighted by molar-refractivity contribution is -0.159. The highest BCUT2D eigenvalue weighted by molar-refractivity contribution is 8.03. The fourth-order valence-electron chi connectivity index (χ4n) is 5.55. The Labute approximate surface area is 217 Å². The largest absolute Gasteiger partial charge is 0.477 e. The van der Waals surface area contributed by atoms with Gasteiger partial charge in [0.1, 0.15) is 5.70 Å². The number of nitrogens with two attached hydrogens (primary N) is 1. The maximum atomic E-state index is 12.8. The summed E-state index contributed by atoms with van der Waals surface area (Å²) >= 11 is 1.34. The lowest BCUT2D eigenvalue weighted by atomic mass is 9.78. The van der Waals surface area contributed by atoms with E-state index in [1.54, 1.807) is 6.92 Å². The summed E-state index contributed by atoms with van der Waals surface area (Å²) in [5.41, 5.74) is 5.68. The van der Waals surface area contributed by atoms with Crippen molar-refractivity contribution < 1.29 is 36.7 Å². The average molecular weight is 567 g/mol. The van der Waals surface area contributed by atoms with Gasteiger partial charge in [0.25, 0.3) is 16.1 Å². The second-order valence-corrected chi connectivity index (χ2v) is 13.1. The van der Waals surface area contributed by atoms with E-state index < -0.39 is 52.4 Å². The van der Waals surface area contributed by atoms with Gasteiger partial charge < -0.3 is 26.4 Å². The van der Waals surface area contributed by atoms with Crippen LogP contribution >= 0.6 is 11.8 Å². The van der Waals surface area contributed by atoms with Crippen LogP contribution in [0.3, 0.4) is 0 Å². The Bertz CT molecular complexity index is 1090. The standard InChI is InChI=1S/C21H32F2N6O6S2/c1-9-15-14(10(2)27-19(30)18(22)23)20(31)29(15)16(21(32)33)17(9)36-13-5-12(25-7-13)6-26-37(34,35)28-4-3-11(24)8-28/h9-15,18,25-26H,3-8,24H2,1-2H3,(H,27,30)(H,32,33)/t9-,10-,11?,12+,13+,14-,15-/m1/s1. The van der Waals surface area contributed by atoms with Gasteiger partial charge in [0.15, 0.2) is 0 Å². The topological polar surface area (TPSA) is 174 Å². The summed E-state index contributed by atoms with van der Waals surface area (Å²) in [4.78, 5) is 38.1. The summed E-state index contributed by atoms with van der Waals surface area (Å²) in [5.74, 6) is -4.44. The van der Waals surface area contributed by atoms with Gasteiger partial charge in [0.05, 0.1) is 12.0 Å². The van der Waals surface area contributed by atoms with Crippen molar-refractivity contribution in [2.24, 2.45) is 17.6 Å². The number of thioether (sulfide) groups is 1. The van der Waals surface area contributed by atoms with Gasteiger partial charge in [0.2, 0.25) is 5.91 Å². The van der Waals surface area contributed by atoms with Gasteiger partial charge in [-0.1, -0.05) is 6.92 Å². The van der Waals surface area contributed by atoms with E-state index in [0.29, 0.717) is 30.8 Å². The number of β-lactam (4-membered cyclic amide) rings is 1. The van der Waals surface area contributed by atoms with E-state index in [-0.39, 0.29) is 42.0 Å². The van der Waals surface area contributed by atoms with Crippen molar-refractivity contribution in [1.82, 2.24) is 24.6 Å². The van der Waals surface area contributed by atoms with Crippen LogP contribution in [0.4, 0.5) is 8.78 Å². The van der Waals surface area contributed by atoms with Crippen LogP contribution < -0.4 is 21.1 Å². The number of carbonyl (C=O) groups excluding carboxylic acids is 2. The zero-order valence-corrected chi connectivity index (χ0v) is 22.0. The minimum Gasteiger partial charge on any atom is -0.477 e. The number of carboxylic acid groups (broad SMARTS) is 1. The van der Waals surface area contributed by atoms with Gasteiger partial charge >= 0.3 is 12.4 Å². The number of hydrogen-bond donors (Lipinski definition) is 5. The van der Waals surface area contributed by atoms with E-state index in [2.05, 4.69) is 15.4 Å². The van der Waals surface area contributed by atoms with Crippen molar-refractivity contribution in [2.45, 2.75) is 62.5 Å². The third kappa shape index (κ3) is 5.49. The molecule has 0 aliphatic carbocycles. The first-order valence-electron chi connectivity index (χ1n) is 12.1. The Morgan fingerprint density at radius 1 is 1.35 bits per heavy atom. The summed E-state index contributed by atoms with van der Waals surface area (Å²) < 4.78 is 54.3. The molecule has 4 heterocycles. The molecule has 3 fully saturated rings. The van der Waals surface area contributed by atoms with Crippen molar-refractivity contribution in [3.63, 3.8) is 0 Å². The van der Waals surface area contributed by atoms with Gasteiger partial charge in [-0.3, -0.25) is 9.59 Å². The molecule has 0 aromatic carbocycles. The summed E-state index contributed by atoms with van der Waals surface area (Å²) in [7, 11) is -3.64. The van der Waals surface area contributed by atoms with E-state index in [9.17, 15) is 36.7 Å². The number of carbonyl (C=O) groups is 3. The Balaban J connectivity index is 1.37. The van der Waals surface area contributed by atoms with Gasteiger partial charge in [-0.15, -0.1) is 11.8 Å². The molecule has 208 valence electrons. The molecular weight excluding hydrogens is 534 g/mol. The summed E-state index contributed by atoms with van der Waals surface area (Å²) in [6.07, 6.45) is -2.04. The Morgan fingerprint density at radius 2 is 2.05 bits per heavy atom. The third-order valence-electron chi connectivity index (χ3n) is 7.41. The monoisotopic (exact) mass is 566 g/mol. The number of halogens is 2. The zero-order chi connectivity index (χ0) is 27.2. The molecule has 3 saturated heterocycles. The number of nitrogens with one attached hydrogen (secondary N) is 3. The Morgan fingerprint density at radius 3 is 2.65 bits per heavy atom. The number of fused-ring (bicyclic) bond motifs is 1. The van der Waals surface area contributed by atoms with Crippen molar-refractivity contribution in [3.05, 3.63) is 10.6 Å². The number of hydrogen-bond acceptors (Lipinski definition) is 8. The fourth-order valence-corrected chi connectivity index (χ4v) is 8.40. The average Bonchev–Trinajstić information content (AvgIpc) is 3.51. The molecule has 0 radical (unpaired) electrons. The fraction of sp³-hybridized carbons (Fsp3) is 0.762. The maximum Gasteiger partial charge on any atom is 0.353 e. The molecule has 37 heavy (non-hydrogen) atoms. The molecule has 0 saturated carbocycles. The molecule has 12 nitrogen and oxygen atoms in total. The smallest absolute Gasteiger partial charge is 0.353 e. The molecule has 1 unspecified atom stereocenters. The van der Waals surface area contributed by atoms with Gasteiger partial charge in [-0.05, 0) is 19.8 Å². The lowest BCUT2D eigenvalue weighted by Crippen LogP contribution is -2.66. The van der Waals surface area contributed by atoms with Crippen LogP contribution in [-0.2, 0) is 24.6 Å². The number of carboxylic acids is 1. The summed E-state index contributed by atoms with van der Waals surface area (Å²) in [6.45, 7) is 4.57. The number of rotatable bonds is 10. The van der Waals surface area contributed by atoms with Crippen LogP contribution in [0.5, 0.6) is 0 Å². The zero-order valence-electron chi connectivity index (χ0n) is 20.4. The number of alkyl halides is 2. The first-order chi connectivity index (χ1) is 17.3. The minimum absolute atomic E-state index is 0.0651. The van der Waals surface area contributed by atoms with Crippen molar-refractivity contribution in [3.8, 4) is 0 Å². The van der Waals surface area contributed by atoms with E-state index in [4.69, 9.17) is 5.73 Å². The SMILES string of the molecule is C[C@@H](NC(=O)C(F)F)[C@H]1C(=O)N2C(C(=O)O)=C(S[C@@H]3CN[C@H](CNS(=O)(=O)N4CCC(N)C4)C3)[C@H](C)[C@H]12. The maximum absolute atomic E-state index is 12.8. The van der Waals surface area contributed by atoms with Crippen molar-refractivity contribution in [1.29, 1.82) is 0 Å². The number of nitrogens with zero attached hydrogens (tertiary/aromatic N) is 2. The first-order valence-corrected chi connectivity index (χ1v) is 14.4. The highest BCUT2D eigenvalue weighted by Crippen LogP contribution is 2.51. The molecule has 0 aromatic heterocycles. The highest BCUT2D eigenvalue weighted by atomic mass is 32.2. The first kappa shape index (κ1) is 28.2. The quantitative estimate of drug-likeness (QED) is 0.205. The Hall–Kier alpha value is -1.85. The van der Waals surface area contributed by atoms with Crippen LogP contribution in [0.15, 0.2) is 10.6 Å². The summed E-state index contributed by atoms with van der Waals surface area (Å²) in [6, 6.07) is -1.77.